The lowest BCUT2D eigenvalue weighted by molar-refractivity contribution is -0.162. The zero-order chi connectivity index (χ0) is 14.5. The van der Waals surface area contributed by atoms with Crippen molar-refractivity contribution in [1.82, 2.24) is 4.90 Å². The predicted octanol–water partition coefficient (Wildman–Crippen LogP) is 1.15. The minimum Gasteiger partial charge on any atom is -0.409 e. The Balaban J connectivity index is 2.76. The number of hydrogen-bond donors (Lipinski definition) is 3. The van der Waals surface area contributed by atoms with Crippen molar-refractivity contribution in [2.45, 2.75) is 37.9 Å². The van der Waals surface area contributed by atoms with Gasteiger partial charge in [0.2, 0.25) is 0 Å². The summed E-state index contributed by atoms with van der Waals surface area (Å²) in [6.45, 7) is 0.154. The van der Waals surface area contributed by atoms with Gasteiger partial charge in [-0.3, -0.25) is 4.90 Å². The smallest absolute Gasteiger partial charge is 0.400 e. The second-order valence-corrected chi connectivity index (χ2v) is 4.78. The third-order valence-electron chi connectivity index (χ3n) is 3.50. The summed E-state index contributed by atoms with van der Waals surface area (Å²) in [5.41, 5.74) is 5.14. The lowest BCUT2D eigenvalue weighted by Gasteiger charge is -2.37. The molecule has 1 heterocycles. The van der Waals surface area contributed by atoms with Gasteiger partial charge in [-0.05, 0) is 25.8 Å². The summed E-state index contributed by atoms with van der Waals surface area (Å²) in [6.07, 6.45) is -1.57. The number of nitrogens with two attached hydrogens (primary N) is 1. The molecule has 0 bridgehead atoms. The zero-order valence-electron chi connectivity index (χ0n) is 10.6. The summed E-state index contributed by atoms with van der Waals surface area (Å²) in [7, 11) is 0. The van der Waals surface area contributed by atoms with Crippen LogP contribution in [0.5, 0.6) is 0 Å². The van der Waals surface area contributed by atoms with Gasteiger partial charge in [0.05, 0.1) is 0 Å². The molecule has 1 saturated heterocycles. The molecule has 4 N–H and O–H groups in total. The van der Waals surface area contributed by atoms with E-state index in [1.54, 1.807) is 4.90 Å². The van der Waals surface area contributed by atoms with Crippen molar-refractivity contribution in [1.29, 1.82) is 0 Å². The molecule has 0 aromatic carbocycles. The first kappa shape index (κ1) is 16.0. The number of aliphatic hydroxyl groups excluding tert-OH is 1. The van der Waals surface area contributed by atoms with E-state index in [4.69, 9.17) is 16.0 Å². The van der Waals surface area contributed by atoms with E-state index in [9.17, 15) is 13.2 Å². The second-order valence-electron chi connectivity index (χ2n) is 4.78. The van der Waals surface area contributed by atoms with Crippen LogP contribution in [-0.2, 0) is 0 Å². The molecule has 0 aliphatic carbocycles. The molecule has 0 saturated carbocycles. The van der Waals surface area contributed by atoms with Gasteiger partial charge in [-0.25, -0.2) is 0 Å². The first-order chi connectivity index (χ1) is 8.90. The maximum absolute atomic E-state index is 12.9. The highest BCUT2D eigenvalue weighted by atomic mass is 19.4. The second kappa shape index (κ2) is 6.95. The van der Waals surface area contributed by atoms with Gasteiger partial charge in [-0.15, -0.1) is 0 Å². The Labute approximate surface area is 109 Å². The third kappa shape index (κ3) is 4.54. The fraction of sp³-hybridized carbons (Fsp3) is 0.909. The third-order valence-corrected chi connectivity index (χ3v) is 3.50. The van der Waals surface area contributed by atoms with Gasteiger partial charge < -0.3 is 16.0 Å². The highest BCUT2D eigenvalue weighted by Gasteiger charge is 2.44. The van der Waals surface area contributed by atoms with E-state index in [2.05, 4.69) is 5.16 Å². The van der Waals surface area contributed by atoms with Crippen molar-refractivity contribution in [2.75, 3.05) is 19.7 Å². The number of alkyl halides is 3. The lowest BCUT2D eigenvalue weighted by atomic mass is 9.97. The molecule has 1 rings (SSSR count). The van der Waals surface area contributed by atoms with Gasteiger partial charge in [0.1, 0.15) is 5.92 Å². The number of halogens is 3. The minimum absolute atomic E-state index is 0.0541. The van der Waals surface area contributed by atoms with Crippen LogP contribution in [0.15, 0.2) is 5.16 Å². The quantitative estimate of drug-likeness (QED) is 0.306. The topological polar surface area (TPSA) is 82.1 Å². The van der Waals surface area contributed by atoms with Crippen LogP contribution in [0, 0.1) is 5.92 Å². The van der Waals surface area contributed by atoms with Crippen molar-refractivity contribution >= 4 is 5.84 Å². The number of likely N-dealkylation sites (tertiary alicyclic amines) is 1. The molecule has 2 atom stereocenters. The number of oxime groups is 1. The summed E-state index contributed by atoms with van der Waals surface area (Å²) < 4.78 is 38.6. The first-order valence-electron chi connectivity index (χ1n) is 6.29. The van der Waals surface area contributed by atoms with Crippen molar-refractivity contribution < 1.29 is 23.5 Å². The summed E-state index contributed by atoms with van der Waals surface area (Å²) >= 11 is 0. The van der Waals surface area contributed by atoms with Gasteiger partial charge >= 0.3 is 6.18 Å². The molecule has 0 radical (unpaired) electrons. The number of piperidine rings is 1. The standard InChI is InChI=1S/C11H20F3N3O2/c12-11(13,14)9(10(15)16-19)7-17-5-2-1-3-8(17)4-6-18/h8-9,18-19H,1-7H2,(H2,15,16). The average Bonchev–Trinajstić information content (AvgIpc) is 2.35. The highest BCUT2D eigenvalue weighted by Crippen LogP contribution is 2.30. The molecule has 1 aliphatic heterocycles. The molecular weight excluding hydrogens is 263 g/mol. The van der Waals surface area contributed by atoms with Crippen molar-refractivity contribution in [3.8, 4) is 0 Å². The van der Waals surface area contributed by atoms with E-state index in [-0.39, 0.29) is 19.2 Å². The normalized spacial score (nSPS) is 24.4. The Morgan fingerprint density at radius 2 is 2.11 bits per heavy atom. The van der Waals surface area contributed by atoms with E-state index in [0.717, 1.165) is 19.3 Å². The Hall–Kier alpha value is -1.02. The Kier molecular flexibility index (Phi) is 5.86. The number of aliphatic hydroxyl groups is 1. The molecule has 112 valence electrons. The number of hydrogen-bond acceptors (Lipinski definition) is 4. The van der Waals surface area contributed by atoms with Gasteiger partial charge in [0.15, 0.2) is 5.84 Å². The maximum atomic E-state index is 12.9. The van der Waals surface area contributed by atoms with Crippen LogP contribution in [0.3, 0.4) is 0 Å². The van der Waals surface area contributed by atoms with Crippen LogP contribution in [0.25, 0.3) is 0 Å². The predicted molar refractivity (Wildman–Crippen MR) is 63.9 cm³/mol. The van der Waals surface area contributed by atoms with E-state index in [1.807, 2.05) is 0 Å². The van der Waals surface area contributed by atoms with Crippen LogP contribution in [0.4, 0.5) is 13.2 Å². The Morgan fingerprint density at radius 3 is 2.63 bits per heavy atom. The van der Waals surface area contributed by atoms with Crippen LogP contribution in [-0.4, -0.2) is 53.0 Å². The largest absolute Gasteiger partial charge is 0.409 e. The van der Waals surface area contributed by atoms with E-state index >= 15 is 0 Å². The first-order valence-corrected chi connectivity index (χ1v) is 6.29. The van der Waals surface area contributed by atoms with E-state index < -0.39 is 17.9 Å². The van der Waals surface area contributed by atoms with Crippen LogP contribution in [0.2, 0.25) is 0 Å². The Bertz CT molecular complexity index is 308. The van der Waals surface area contributed by atoms with Gasteiger partial charge in [0, 0.05) is 19.2 Å². The molecule has 2 unspecified atom stereocenters. The van der Waals surface area contributed by atoms with Crippen LogP contribution >= 0.6 is 0 Å². The molecule has 19 heavy (non-hydrogen) atoms. The minimum atomic E-state index is -4.54. The molecular formula is C11H20F3N3O2. The monoisotopic (exact) mass is 283 g/mol. The molecule has 0 aromatic rings. The van der Waals surface area contributed by atoms with Crippen molar-refractivity contribution in [3.05, 3.63) is 0 Å². The zero-order valence-corrected chi connectivity index (χ0v) is 10.6. The van der Waals surface area contributed by atoms with Gasteiger partial charge in [-0.1, -0.05) is 11.6 Å². The van der Waals surface area contributed by atoms with Crippen molar-refractivity contribution in [2.24, 2.45) is 16.8 Å². The Morgan fingerprint density at radius 1 is 1.42 bits per heavy atom. The van der Waals surface area contributed by atoms with Crippen LogP contribution < -0.4 is 5.73 Å². The summed E-state index contributed by atoms with van der Waals surface area (Å²) in [6, 6.07) is -0.0740. The van der Waals surface area contributed by atoms with Crippen LogP contribution in [0.1, 0.15) is 25.7 Å². The molecule has 8 heteroatoms. The fourth-order valence-electron chi connectivity index (χ4n) is 2.45. The lowest BCUT2D eigenvalue weighted by Crippen LogP contribution is -2.49. The molecule has 0 aromatic heterocycles. The maximum Gasteiger partial charge on any atom is 0.400 e. The number of amidine groups is 1. The summed E-state index contributed by atoms with van der Waals surface area (Å²) in [4.78, 5) is 1.68. The fourth-order valence-corrected chi connectivity index (χ4v) is 2.45. The van der Waals surface area contributed by atoms with Gasteiger partial charge in [0.25, 0.3) is 0 Å². The summed E-state index contributed by atoms with van der Waals surface area (Å²) in [5.74, 6) is -2.79. The summed E-state index contributed by atoms with van der Waals surface area (Å²) in [5, 5.41) is 19.9. The highest BCUT2D eigenvalue weighted by molar-refractivity contribution is 5.83. The van der Waals surface area contributed by atoms with E-state index in [1.165, 1.54) is 0 Å². The van der Waals surface area contributed by atoms with Gasteiger partial charge in [-0.2, -0.15) is 13.2 Å². The number of rotatable bonds is 5. The van der Waals surface area contributed by atoms with Crippen molar-refractivity contribution in [3.63, 3.8) is 0 Å². The molecule has 1 fully saturated rings. The molecule has 0 amide bonds. The molecule has 5 nitrogen and oxygen atoms in total. The number of nitrogens with zero attached hydrogens (tertiary/aromatic N) is 2. The average molecular weight is 283 g/mol. The SMILES string of the molecule is NC(=NO)C(CN1CCCCC1CCO)C(F)(F)F. The molecule has 0 spiro atoms. The molecule has 1 aliphatic rings. The van der Waals surface area contributed by atoms with E-state index in [0.29, 0.717) is 13.0 Å².